The minimum absolute atomic E-state index is 0.468. The summed E-state index contributed by atoms with van der Waals surface area (Å²) in [6.45, 7) is 0.591. The molecule has 6 heteroatoms. The molecule has 2 heterocycles. The first-order valence-electron chi connectivity index (χ1n) is 5.52. The van der Waals surface area contributed by atoms with Crippen LogP contribution in [0.25, 0.3) is 11.0 Å². The highest BCUT2D eigenvalue weighted by atomic mass is 35.5. The van der Waals surface area contributed by atoms with Gasteiger partial charge in [-0.1, -0.05) is 11.6 Å². The molecular formula is C12H12ClN5. The molecule has 18 heavy (non-hydrogen) atoms. The second-order valence-electron chi connectivity index (χ2n) is 4.14. The Labute approximate surface area is 109 Å². The Morgan fingerprint density at radius 3 is 2.94 bits per heavy atom. The summed E-state index contributed by atoms with van der Waals surface area (Å²) in [5, 5.41) is 0.657. The van der Waals surface area contributed by atoms with Gasteiger partial charge in [0, 0.05) is 24.5 Å². The van der Waals surface area contributed by atoms with Gasteiger partial charge in [0.2, 0.25) is 5.95 Å². The number of hydrogen-bond donors (Lipinski definition) is 1. The summed E-state index contributed by atoms with van der Waals surface area (Å²) in [6.07, 6.45) is 3.67. The van der Waals surface area contributed by atoms with E-state index in [4.69, 9.17) is 17.3 Å². The second-order valence-corrected chi connectivity index (χ2v) is 4.58. The van der Waals surface area contributed by atoms with Crippen LogP contribution in [-0.4, -0.2) is 19.1 Å². The number of rotatable bonds is 2. The first-order chi connectivity index (χ1) is 8.65. The number of halogens is 1. The Kier molecular flexibility index (Phi) is 2.48. The lowest BCUT2D eigenvalue weighted by Crippen LogP contribution is -2.08. The number of fused-ring (bicyclic) bond motifs is 1. The van der Waals surface area contributed by atoms with Crippen LogP contribution < -0.4 is 5.73 Å². The summed E-state index contributed by atoms with van der Waals surface area (Å²) >= 11 is 5.94. The first kappa shape index (κ1) is 11.1. The van der Waals surface area contributed by atoms with Crippen LogP contribution in [0.2, 0.25) is 5.02 Å². The average molecular weight is 262 g/mol. The van der Waals surface area contributed by atoms with E-state index < -0.39 is 0 Å². The van der Waals surface area contributed by atoms with Gasteiger partial charge in [0.25, 0.3) is 0 Å². The predicted molar refractivity (Wildman–Crippen MR) is 71.5 cm³/mol. The number of nitrogens with two attached hydrogens (primary N) is 1. The van der Waals surface area contributed by atoms with Crippen molar-refractivity contribution in [2.24, 2.45) is 7.05 Å². The Morgan fingerprint density at radius 2 is 2.22 bits per heavy atom. The number of hydrogen-bond acceptors (Lipinski definition) is 3. The van der Waals surface area contributed by atoms with Crippen molar-refractivity contribution in [3.05, 3.63) is 41.4 Å². The van der Waals surface area contributed by atoms with E-state index in [9.17, 15) is 0 Å². The molecule has 0 saturated heterocycles. The van der Waals surface area contributed by atoms with Crippen molar-refractivity contribution in [2.45, 2.75) is 6.54 Å². The third-order valence-corrected chi connectivity index (χ3v) is 3.20. The maximum Gasteiger partial charge on any atom is 0.201 e. The van der Waals surface area contributed by atoms with Crippen LogP contribution in [0, 0.1) is 0 Å². The summed E-state index contributed by atoms with van der Waals surface area (Å²) in [5.74, 6) is 1.39. The SMILES string of the molecule is Cn1ccnc1Cn1c(N)nc2cc(Cl)ccc21. The lowest BCUT2D eigenvalue weighted by atomic mass is 10.3. The van der Waals surface area contributed by atoms with Gasteiger partial charge < -0.3 is 14.9 Å². The number of nitrogen functional groups attached to an aromatic ring is 1. The van der Waals surface area contributed by atoms with Crippen molar-refractivity contribution in [1.29, 1.82) is 0 Å². The van der Waals surface area contributed by atoms with E-state index in [1.165, 1.54) is 0 Å². The van der Waals surface area contributed by atoms with Gasteiger partial charge in [-0.25, -0.2) is 9.97 Å². The quantitative estimate of drug-likeness (QED) is 0.768. The van der Waals surface area contributed by atoms with Gasteiger partial charge in [-0.05, 0) is 18.2 Å². The molecule has 0 fully saturated rings. The molecule has 3 rings (SSSR count). The van der Waals surface area contributed by atoms with Crippen molar-refractivity contribution in [1.82, 2.24) is 19.1 Å². The number of aryl methyl sites for hydroxylation is 1. The summed E-state index contributed by atoms with van der Waals surface area (Å²) in [5.41, 5.74) is 7.70. The Balaban J connectivity index is 2.11. The monoisotopic (exact) mass is 261 g/mol. The first-order valence-corrected chi connectivity index (χ1v) is 5.90. The minimum Gasteiger partial charge on any atom is -0.369 e. The molecule has 2 aromatic heterocycles. The standard InChI is InChI=1S/C12H12ClN5/c1-17-5-4-15-11(17)7-18-10-3-2-8(13)6-9(10)16-12(18)14/h2-6H,7H2,1H3,(H2,14,16). The Bertz CT molecular complexity index is 712. The van der Waals surface area contributed by atoms with Crippen LogP contribution in [0.15, 0.2) is 30.6 Å². The molecule has 0 aliphatic rings. The van der Waals surface area contributed by atoms with Crippen LogP contribution in [-0.2, 0) is 13.6 Å². The zero-order valence-corrected chi connectivity index (χ0v) is 10.6. The van der Waals surface area contributed by atoms with Gasteiger partial charge in [-0.15, -0.1) is 0 Å². The van der Waals surface area contributed by atoms with E-state index in [0.717, 1.165) is 16.9 Å². The van der Waals surface area contributed by atoms with Gasteiger partial charge in [0.15, 0.2) is 0 Å². The fraction of sp³-hybridized carbons (Fsp3) is 0.167. The smallest absolute Gasteiger partial charge is 0.201 e. The molecule has 0 unspecified atom stereocenters. The molecule has 0 bridgehead atoms. The highest BCUT2D eigenvalue weighted by Crippen LogP contribution is 2.22. The van der Waals surface area contributed by atoms with Crippen LogP contribution in [0.1, 0.15) is 5.82 Å². The number of nitrogens with zero attached hydrogens (tertiary/aromatic N) is 4. The lowest BCUT2D eigenvalue weighted by molar-refractivity contribution is 0.720. The maximum absolute atomic E-state index is 5.94. The normalized spacial score (nSPS) is 11.2. The summed E-state index contributed by atoms with van der Waals surface area (Å²) in [4.78, 5) is 8.59. The largest absolute Gasteiger partial charge is 0.369 e. The maximum atomic E-state index is 5.94. The average Bonchev–Trinajstić information content (AvgIpc) is 2.85. The summed E-state index contributed by atoms with van der Waals surface area (Å²) in [7, 11) is 1.95. The molecule has 0 aliphatic heterocycles. The zero-order chi connectivity index (χ0) is 12.7. The van der Waals surface area contributed by atoms with Crippen LogP contribution in [0.3, 0.4) is 0 Å². The van der Waals surface area contributed by atoms with Crippen molar-refractivity contribution in [2.75, 3.05) is 5.73 Å². The van der Waals surface area contributed by atoms with Gasteiger partial charge >= 0.3 is 0 Å². The van der Waals surface area contributed by atoms with E-state index in [0.29, 0.717) is 17.5 Å². The highest BCUT2D eigenvalue weighted by molar-refractivity contribution is 6.31. The molecular weight excluding hydrogens is 250 g/mol. The molecule has 0 radical (unpaired) electrons. The van der Waals surface area contributed by atoms with E-state index in [2.05, 4.69) is 9.97 Å². The predicted octanol–water partition coefficient (Wildman–Crippen LogP) is 2.05. The van der Waals surface area contributed by atoms with Crippen molar-refractivity contribution < 1.29 is 0 Å². The van der Waals surface area contributed by atoms with Crippen molar-refractivity contribution in [3.8, 4) is 0 Å². The fourth-order valence-electron chi connectivity index (χ4n) is 1.98. The molecule has 0 saturated carbocycles. The van der Waals surface area contributed by atoms with Gasteiger partial charge in [0.1, 0.15) is 5.82 Å². The van der Waals surface area contributed by atoms with Crippen LogP contribution >= 0.6 is 11.6 Å². The number of anilines is 1. The van der Waals surface area contributed by atoms with E-state index in [1.807, 2.05) is 40.6 Å². The van der Waals surface area contributed by atoms with Crippen LogP contribution in [0.5, 0.6) is 0 Å². The molecule has 3 aromatic rings. The van der Waals surface area contributed by atoms with Gasteiger partial charge in [-0.2, -0.15) is 0 Å². The molecule has 0 spiro atoms. The third-order valence-electron chi connectivity index (χ3n) is 2.96. The molecule has 0 amide bonds. The highest BCUT2D eigenvalue weighted by Gasteiger charge is 2.10. The van der Waals surface area contributed by atoms with Gasteiger partial charge in [-0.3, -0.25) is 0 Å². The molecule has 0 aliphatic carbocycles. The summed E-state index contributed by atoms with van der Waals surface area (Å²) in [6, 6.07) is 5.56. The molecule has 0 atom stereocenters. The topological polar surface area (TPSA) is 61.7 Å². The van der Waals surface area contributed by atoms with E-state index in [-0.39, 0.29) is 0 Å². The van der Waals surface area contributed by atoms with Crippen molar-refractivity contribution >= 4 is 28.6 Å². The van der Waals surface area contributed by atoms with Crippen LogP contribution in [0.4, 0.5) is 5.95 Å². The van der Waals surface area contributed by atoms with E-state index in [1.54, 1.807) is 6.20 Å². The molecule has 5 nitrogen and oxygen atoms in total. The Hall–Kier alpha value is -2.01. The molecule has 1 aromatic carbocycles. The second kappa shape index (κ2) is 4.03. The lowest BCUT2D eigenvalue weighted by Gasteiger charge is -2.06. The summed E-state index contributed by atoms with van der Waals surface area (Å²) < 4.78 is 3.88. The number of aromatic nitrogens is 4. The third kappa shape index (κ3) is 1.73. The zero-order valence-electron chi connectivity index (χ0n) is 9.84. The van der Waals surface area contributed by atoms with Crippen molar-refractivity contribution in [3.63, 3.8) is 0 Å². The molecule has 2 N–H and O–H groups in total. The fourth-order valence-corrected chi connectivity index (χ4v) is 2.14. The Morgan fingerprint density at radius 1 is 1.39 bits per heavy atom. The number of benzene rings is 1. The number of imidazole rings is 2. The van der Waals surface area contributed by atoms with Gasteiger partial charge in [0.05, 0.1) is 17.6 Å². The molecule has 92 valence electrons. The minimum atomic E-state index is 0.468. The van der Waals surface area contributed by atoms with E-state index >= 15 is 0 Å².